The Kier molecular flexibility index (Phi) is 5.96. The van der Waals surface area contributed by atoms with Crippen LogP contribution in [0.1, 0.15) is 11.9 Å². The standard InChI is InChI=1S/C21H22N4O6/c26-12-16-18(28)19(29)20(31-16)24-9-7-17(27)25(21(24)30)11-15-10-14(6-8-22-15)23-13-4-2-1-3-5-13/h1-10,16,18-20,26,28-29H,11-12H2,(H,22,23)/t16-,18-,19-,20-/m1/s1. The first-order chi connectivity index (χ1) is 15.0. The summed E-state index contributed by atoms with van der Waals surface area (Å²) < 4.78 is 7.39. The van der Waals surface area contributed by atoms with Crippen molar-refractivity contribution >= 4 is 11.4 Å². The van der Waals surface area contributed by atoms with Gasteiger partial charge in [-0.15, -0.1) is 0 Å². The Morgan fingerprint density at radius 2 is 1.81 bits per heavy atom. The number of aromatic nitrogens is 3. The molecule has 0 saturated carbocycles. The van der Waals surface area contributed by atoms with Gasteiger partial charge in [0.05, 0.1) is 18.8 Å². The fraction of sp³-hybridized carbons (Fsp3) is 0.286. The van der Waals surface area contributed by atoms with Crippen molar-refractivity contribution in [2.45, 2.75) is 31.1 Å². The zero-order valence-electron chi connectivity index (χ0n) is 16.4. The molecule has 162 valence electrons. The lowest BCUT2D eigenvalue weighted by atomic mass is 10.1. The van der Waals surface area contributed by atoms with E-state index >= 15 is 0 Å². The summed E-state index contributed by atoms with van der Waals surface area (Å²) in [6.07, 6.45) is -2.29. The van der Waals surface area contributed by atoms with Crippen LogP contribution >= 0.6 is 0 Å². The molecule has 0 amide bonds. The van der Waals surface area contributed by atoms with Crippen LogP contribution in [-0.4, -0.2) is 54.4 Å². The zero-order valence-corrected chi connectivity index (χ0v) is 16.4. The van der Waals surface area contributed by atoms with Gasteiger partial charge in [-0.3, -0.25) is 18.9 Å². The van der Waals surface area contributed by atoms with Crippen molar-refractivity contribution in [1.29, 1.82) is 0 Å². The molecule has 2 aromatic heterocycles. The molecule has 3 aromatic rings. The Hall–Kier alpha value is -3.31. The molecule has 31 heavy (non-hydrogen) atoms. The molecule has 1 aromatic carbocycles. The molecule has 3 heterocycles. The molecule has 1 saturated heterocycles. The fourth-order valence-electron chi connectivity index (χ4n) is 3.47. The van der Waals surface area contributed by atoms with Gasteiger partial charge in [0.2, 0.25) is 0 Å². The zero-order chi connectivity index (χ0) is 22.0. The minimum atomic E-state index is -1.43. The van der Waals surface area contributed by atoms with Crippen molar-refractivity contribution in [1.82, 2.24) is 14.1 Å². The highest BCUT2D eigenvalue weighted by Gasteiger charge is 2.43. The van der Waals surface area contributed by atoms with Crippen LogP contribution in [0, 0.1) is 0 Å². The van der Waals surface area contributed by atoms with Crippen molar-refractivity contribution in [3.8, 4) is 0 Å². The summed E-state index contributed by atoms with van der Waals surface area (Å²) in [5.41, 5.74) is 0.813. The van der Waals surface area contributed by atoms with E-state index < -0.39 is 42.4 Å². The lowest BCUT2D eigenvalue weighted by molar-refractivity contribution is -0.0555. The van der Waals surface area contributed by atoms with Gasteiger partial charge >= 0.3 is 5.69 Å². The maximum absolute atomic E-state index is 13.0. The van der Waals surface area contributed by atoms with Crippen LogP contribution in [0.4, 0.5) is 11.4 Å². The summed E-state index contributed by atoms with van der Waals surface area (Å²) in [7, 11) is 0. The summed E-state index contributed by atoms with van der Waals surface area (Å²) in [5, 5.41) is 32.6. The molecular formula is C21H22N4O6. The number of rotatable bonds is 6. The summed E-state index contributed by atoms with van der Waals surface area (Å²) in [6.45, 7) is -0.619. The third-order valence-corrected chi connectivity index (χ3v) is 5.09. The predicted octanol–water partition coefficient (Wildman–Crippen LogP) is -0.192. The van der Waals surface area contributed by atoms with Gasteiger partial charge in [0.15, 0.2) is 6.23 Å². The van der Waals surface area contributed by atoms with Gasteiger partial charge in [-0.05, 0) is 24.3 Å². The first-order valence-electron chi connectivity index (χ1n) is 9.69. The Morgan fingerprint density at radius 3 is 2.52 bits per heavy atom. The molecule has 0 bridgehead atoms. The van der Waals surface area contributed by atoms with Crippen molar-refractivity contribution in [2.24, 2.45) is 0 Å². The first-order valence-corrected chi connectivity index (χ1v) is 9.69. The normalized spacial score (nSPS) is 23.1. The van der Waals surface area contributed by atoms with Gasteiger partial charge in [0.1, 0.15) is 18.3 Å². The summed E-state index contributed by atoms with van der Waals surface area (Å²) in [4.78, 5) is 29.6. The van der Waals surface area contributed by atoms with E-state index in [0.29, 0.717) is 5.69 Å². The number of nitrogens with one attached hydrogen (secondary N) is 1. The van der Waals surface area contributed by atoms with Gasteiger partial charge in [0, 0.05) is 29.8 Å². The minimum absolute atomic E-state index is 0.0996. The minimum Gasteiger partial charge on any atom is -0.394 e. The SMILES string of the molecule is O=c1ccn([C@@H]2O[C@H](CO)[C@@H](O)[C@H]2O)c(=O)n1Cc1cc(Nc2ccccc2)ccn1. The van der Waals surface area contributed by atoms with E-state index in [1.165, 1.54) is 12.3 Å². The van der Waals surface area contributed by atoms with Gasteiger partial charge in [-0.2, -0.15) is 0 Å². The van der Waals surface area contributed by atoms with Crippen molar-refractivity contribution in [3.05, 3.63) is 87.5 Å². The Bertz CT molecular complexity index is 1160. The van der Waals surface area contributed by atoms with E-state index in [0.717, 1.165) is 20.5 Å². The quantitative estimate of drug-likeness (QED) is 0.425. The number of hydrogen-bond donors (Lipinski definition) is 4. The molecule has 10 nitrogen and oxygen atoms in total. The molecule has 4 N–H and O–H groups in total. The van der Waals surface area contributed by atoms with E-state index in [1.807, 2.05) is 30.3 Å². The summed E-state index contributed by atoms with van der Waals surface area (Å²) in [5.74, 6) is 0. The number of ether oxygens (including phenoxy) is 1. The number of anilines is 2. The molecule has 1 fully saturated rings. The van der Waals surface area contributed by atoms with E-state index in [4.69, 9.17) is 4.74 Å². The van der Waals surface area contributed by atoms with E-state index in [2.05, 4.69) is 10.3 Å². The molecule has 0 radical (unpaired) electrons. The van der Waals surface area contributed by atoms with E-state index in [1.54, 1.807) is 18.3 Å². The second-order valence-corrected chi connectivity index (χ2v) is 7.19. The first kappa shape index (κ1) is 20.9. The maximum atomic E-state index is 13.0. The molecule has 0 spiro atoms. The average molecular weight is 426 g/mol. The molecule has 0 unspecified atom stereocenters. The molecule has 4 atom stereocenters. The third-order valence-electron chi connectivity index (χ3n) is 5.09. The molecule has 10 heteroatoms. The monoisotopic (exact) mass is 426 g/mol. The van der Waals surface area contributed by atoms with Crippen LogP contribution in [0.2, 0.25) is 0 Å². The lowest BCUT2D eigenvalue weighted by Crippen LogP contribution is -2.43. The molecule has 1 aliphatic rings. The topological polar surface area (TPSA) is 139 Å². The van der Waals surface area contributed by atoms with Crippen LogP contribution in [0.3, 0.4) is 0 Å². The number of para-hydroxylation sites is 1. The van der Waals surface area contributed by atoms with Gasteiger partial charge < -0.3 is 25.4 Å². The Balaban J connectivity index is 1.61. The Morgan fingerprint density at radius 1 is 1.03 bits per heavy atom. The van der Waals surface area contributed by atoms with Crippen LogP contribution in [0.25, 0.3) is 0 Å². The third kappa shape index (κ3) is 4.28. The van der Waals surface area contributed by atoms with Gasteiger partial charge in [-0.1, -0.05) is 18.2 Å². The highest BCUT2D eigenvalue weighted by molar-refractivity contribution is 5.59. The van der Waals surface area contributed by atoms with Crippen LogP contribution < -0.4 is 16.6 Å². The number of hydrogen-bond acceptors (Lipinski definition) is 8. The second kappa shape index (κ2) is 8.82. The average Bonchev–Trinajstić information content (AvgIpc) is 3.06. The molecule has 1 aliphatic heterocycles. The molecule has 4 rings (SSSR count). The van der Waals surface area contributed by atoms with Crippen LogP contribution in [-0.2, 0) is 11.3 Å². The summed E-state index contributed by atoms with van der Waals surface area (Å²) in [6, 6.07) is 14.2. The van der Waals surface area contributed by atoms with Crippen molar-refractivity contribution in [2.75, 3.05) is 11.9 Å². The number of aliphatic hydroxyl groups excluding tert-OH is 3. The van der Waals surface area contributed by atoms with Crippen molar-refractivity contribution < 1.29 is 20.1 Å². The fourth-order valence-corrected chi connectivity index (χ4v) is 3.47. The van der Waals surface area contributed by atoms with E-state index in [-0.39, 0.29) is 6.54 Å². The van der Waals surface area contributed by atoms with Gasteiger partial charge in [-0.25, -0.2) is 4.79 Å². The van der Waals surface area contributed by atoms with Crippen LogP contribution in [0.5, 0.6) is 0 Å². The number of nitrogens with zero attached hydrogens (tertiary/aromatic N) is 3. The number of aliphatic hydroxyl groups is 3. The second-order valence-electron chi connectivity index (χ2n) is 7.19. The predicted molar refractivity (Wildman–Crippen MR) is 111 cm³/mol. The highest BCUT2D eigenvalue weighted by Crippen LogP contribution is 2.27. The Labute approximate surface area is 176 Å². The number of benzene rings is 1. The van der Waals surface area contributed by atoms with Gasteiger partial charge in [0.25, 0.3) is 5.56 Å². The van der Waals surface area contributed by atoms with Crippen molar-refractivity contribution in [3.63, 3.8) is 0 Å². The smallest absolute Gasteiger partial charge is 0.333 e. The lowest BCUT2D eigenvalue weighted by Gasteiger charge is -2.18. The van der Waals surface area contributed by atoms with Crippen LogP contribution in [0.15, 0.2) is 70.5 Å². The molecular weight excluding hydrogens is 404 g/mol. The largest absolute Gasteiger partial charge is 0.394 e. The van der Waals surface area contributed by atoms with E-state index in [9.17, 15) is 24.9 Å². The molecule has 0 aliphatic carbocycles. The summed E-state index contributed by atoms with van der Waals surface area (Å²) >= 11 is 0. The maximum Gasteiger partial charge on any atom is 0.333 e. The highest BCUT2D eigenvalue weighted by atomic mass is 16.6. The number of pyridine rings is 1.